The number of carboxylic acids is 1. The van der Waals surface area contributed by atoms with Crippen LogP contribution in [0, 0.1) is 5.41 Å². The number of nitrogens with one attached hydrogen (secondary N) is 1. The maximum atomic E-state index is 13.2. The van der Waals surface area contributed by atoms with Crippen molar-refractivity contribution >= 4 is 23.2 Å². The number of hydrogen-bond donors (Lipinski definition) is 2. The van der Waals surface area contributed by atoms with E-state index in [2.05, 4.69) is 10.7 Å². The Hall–Kier alpha value is -1.40. The highest BCUT2D eigenvalue weighted by molar-refractivity contribution is 7.12. The van der Waals surface area contributed by atoms with Crippen molar-refractivity contribution in [1.82, 2.24) is 10.2 Å². The second-order valence-corrected chi connectivity index (χ2v) is 8.40. The van der Waals surface area contributed by atoms with Gasteiger partial charge < -0.3 is 15.3 Å². The van der Waals surface area contributed by atoms with Crippen LogP contribution in [-0.4, -0.2) is 47.6 Å². The number of hydrogen-bond acceptors (Lipinski definition) is 4. The van der Waals surface area contributed by atoms with Gasteiger partial charge in [-0.1, -0.05) is 0 Å². The number of fused-ring (bicyclic) bond motifs is 1. The molecule has 0 radical (unpaired) electrons. The number of piperidine rings is 1. The van der Waals surface area contributed by atoms with Crippen LogP contribution in [0.5, 0.6) is 0 Å². The quantitative estimate of drug-likeness (QED) is 0.860. The van der Waals surface area contributed by atoms with Crippen molar-refractivity contribution < 1.29 is 14.7 Å². The van der Waals surface area contributed by atoms with E-state index in [4.69, 9.17) is 0 Å². The van der Waals surface area contributed by atoms with E-state index in [1.54, 1.807) is 4.90 Å². The first-order valence-electron chi connectivity index (χ1n) is 8.93. The fraction of sp³-hybridized carbons (Fsp3) is 0.667. The molecule has 6 heteroatoms. The maximum absolute atomic E-state index is 13.2. The number of carbonyl (C=O) groups excluding carboxylic acids is 1. The molecule has 3 heterocycles. The Morgan fingerprint density at radius 2 is 2.00 bits per heavy atom. The molecule has 0 aromatic carbocycles. The topological polar surface area (TPSA) is 69.6 Å². The molecule has 0 bridgehead atoms. The number of amides is 1. The lowest BCUT2D eigenvalue weighted by molar-refractivity contribution is -0.141. The average molecular weight is 348 g/mol. The predicted octanol–water partition coefficient (Wildman–Crippen LogP) is 2.30. The van der Waals surface area contributed by atoms with Crippen LogP contribution >= 0.6 is 11.3 Å². The van der Waals surface area contributed by atoms with Gasteiger partial charge in [0.05, 0.1) is 4.88 Å². The van der Waals surface area contributed by atoms with Gasteiger partial charge in [-0.25, -0.2) is 4.79 Å². The summed E-state index contributed by atoms with van der Waals surface area (Å²) in [5.74, 6) is -0.907. The van der Waals surface area contributed by atoms with Crippen molar-refractivity contribution in [3.8, 4) is 0 Å². The van der Waals surface area contributed by atoms with Crippen LogP contribution < -0.4 is 5.32 Å². The molecule has 1 spiro atoms. The van der Waals surface area contributed by atoms with Crippen molar-refractivity contribution in [3.05, 3.63) is 21.4 Å². The molecule has 1 unspecified atom stereocenters. The van der Waals surface area contributed by atoms with Crippen LogP contribution in [0.2, 0.25) is 0 Å². The highest BCUT2D eigenvalue weighted by atomic mass is 32.1. The summed E-state index contributed by atoms with van der Waals surface area (Å²) in [7, 11) is 0. The third-order valence-electron chi connectivity index (χ3n) is 6.02. The Labute approximate surface area is 146 Å². The standard InChI is InChI=1S/C18H24N2O3S/c21-16(15-13-4-2-1-3-12(13)10-24-15)20-11-18(5-7-19-8-6-18)9-14(20)17(22)23/h10,14,19H,1-9,11H2,(H,22,23). The molecule has 0 saturated carbocycles. The Morgan fingerprint density at radius 3 is 2.75 bits per heavy atom. The number of carboxylic acid groups (broad SMARTS) is 1. The van der Waals surface area contributed by atoms with Crippen molar-refractivity contribution in [2.45, 2.75) is 51.0 Å². The molecular weight excluding hydrogens is 324 g/mol. The summed E-state index contributed by atoms with van der Waals surface area (Å²) in [6.07, 6.45) is 6.85. The summed E-state index contributed by atoms with van der Waals surface area (Å²) in [5.41, 5.74) is 2.48. The summed E-state index contributed by atoms with van der Waals surface area (Å²) in [5, 5.41) is 15.1. The fourth-order valence-electron chi connectivity index (χ4n) is 4.64. The molecule has 24 heavy (non-hydrogen) atoms. The minimum absolute atomic E-state index is 0.0126. The van der Waals surface area contributed by atoms with Gasteiger partial charge in [-0.2, -0.15) is 0 Å². The molecule has 2 fully saturated rings. The molecule has 1 amide bonds. The van der Waals surface area contributed by atoms with Gasteiger partial charge in [0.25, 0.3) is 5.91 Å². The third-order valence-corrected chi connectivity index (χ3v) is 7.08. The Bertz CT molecular complexity index is 663. The smallest absolute Gasteiger partial charge is 0.326 e. The first kappa shape index (κ1) is 16.1. The molecule has 1 aliphatic carbocycles. The van der Waals surface area contributed by atoms with E-state index in [0.717, 1.165) is 50.1 Å². The normalized spacial score (nSPS) is 25.7. The minimum atomic E-state index is -0.857. The number of likely N-dealkylation sites (tertiary alicyclic amines) is 1. The van der Waals surface area contributed by atoms with Crippen molar-refractivity contribution in [2.75, 3.05) is 19.6 Å². The first-order valence-corrected chi connectivity index (χ1v) is 9.81. The van der Waals surface area contributed by atoms with Crippen LogP contribution in [0.15, 0.2) is 5.38 Å². The zero-order chi connectivity index (χ0) is 16.7. The molecule has 4 rings (SSSR count). The molecule has 2 N–H and O–H groups in total. The van der Waals surface area contributed by atoms with Crippen LogP contribution in [0.1, 0.15) is 52.9 Å². The van der Waals surface area contributed by atoms with Gasteiger partial charge in [0.1, 0.15) is 6.04 Å². The van der Waals surface area contributed by atoms with Crippen molar-refractivity contribution in [1.29, 1.82) is 0 Å². The van der Waals surface area contributed by atoms with Gasteiger partial charge in [0, 0.05) is 6.54 Å². The minimum Gasteiger partial charge on any atom is -0.480 e. The van der Waals surface area contributed by atoms with Gasteiger partial charge in [0.2, 0.25) is 0 Å². The van der Waals surface area contributed by atoms with Crippen LogP contribution in [0.3, 0.4) is 0 Å². The molecule has 3 aliphatic rings. The Morgan fingerprint density at radius 1 is 1.25 bits per heavy atom. The predicted molar refractivity (Wildman–Crippen MR) is 92.6 cm³/mol. The lowest BCUT2D eigenvalue weighted by Crippen LogP contribution is -2.42. The Kier molecular flexibility index (Phi) is 4.12. The van der Waals surface area contributed by atoms with E-state index >= 15 is 0 Å². The molecule has 2 aliphatic heterocycles. The van der Waals surface area contributed by atoms with Crippen LogP contribution in [0.4, 0.5) is 0 Å². The second-order valence-electron chi connectivity index (χ2n) is 7.52. The highest BCUT2D eigenvalue weighted by Crippen LogP contribution is 2.43. The lowest BCUT2D eigenvalue weighted by Gasteiger charge is -2.33. The molecular formula is C18H24N2O3S. The molecule has 2 saturated heterocycles. The lowest BCUT2D eigenvalue weighted by atomic mass is 9.77. The second kappa shape index (κ2) is 6.15. The molecule has 1 atom stereocenters. The number of aryl methyl sites for hydroxylation is 1. The van der Waals surface area contributed by atoms with Crippen molar-refractivity contribution in [2.24, 2.45) is 5.41 Å². The zero-order valence-electron chi connectivity index (χ0n) is 13.8. The van der Waals surface area contributed by atoms with Crippen LogP contribution in [-0.2, 0) is 17.6 Å². The number of rotatable bonds is 2. The monoisotopic (exact) mass is 348 g/mol. The van der Waals surface area contributed by atoms with E-state index in [-0.39, 0.29) is 11.3 Å². The van der Waals surface area contributed by atoms with E-state index in [0.29, 0.717) is 13.0 Å². The maximum Gasteiger partial charge on any atom is 0.326 e. The van der Waals surface area contributed by atoms with Gasteiger partial charge in [-0.3, -0.25) is 4.79 Å². The Balaban J connectivity index is 1.62. The first-order chi connectivity index (χ1) is 11.6. The molecule has 130 valence electrons. The fourth-order valence-corrected chi connectivity index (χ4v) is 5.75. The van der Waals surface area contributed by atoms with E-state index in [1.807, 2.05) is 0 Å². The van der Waals surface area contributed by atoms with Gasteiger partial charge >= 0.3 is 5.97 Å². The number of carbonyl (C=O) groups is 2. The molecule has 1 aromatic heterocycles. The summed E-state index contributed by atoms with van der Waals surface area (Å²) in [6, 6.07) is -0.669. The van der Waals surface area contributed by atoms with Crippen LogP contribution in [0.25, 0.3) is 0 Å². The van der Waals surface area contributed by atoms with Crippen molar-refractivity contribution in [3.63, 3.8) is 0 Å². The summed E-state index contributed by atoms with van der Waals surface area (Å²) < 4.78 is 0. The number of nitrogens with zero attached hydrogens (tertiary/aromatic N) is 1. The highest BCUT2D eigenvalue weighted by Gasteiger charge is 2.49. The number of aliphatic carboxylic acids is 1. The molecule has 1 aromatic rings. The average Bonchev–Trinajstić information content (AvgIpc) is 3.17. The van der Waals surface area contributed by atoms with E-state index in [1.165, 1.54) is 28.9 Å². The van der Waals surface area contributed by atoms with Gasteiger partial charge in [-0.05, 0) is 80.0 Å². The van der Waals surface area contributed by atoms with Gasteiger partial charge in [0.15, 0.2) is 0 Å². The van der Waals surface area contributed by atoms with E-state index < -0.39 is 12.0 Å². The van der Waals surface area contributed by atoms with E-state index in [9.17, 15) is 14.7 Å². The summed E-state index contributed by atoms with van der Waals surface area (Å²) >= 11 is 1.51. The summed E-state index contributed by atoms with van der Waals surface area (Å²) in [6.45, 7) is 2.43. The molecule has 5 nitrogen and oxygen atoms in total. The largest absolute Gasteiger partial charge is 0.480 e. The third kappa shape index (κ3) is 2.65. The zero-order valence-corrected chi connectivity index (χ0v) is 14.7. The van der Waals surface area contributed by atoms with Gasteiger partial charge in [-0.15, -0.1) is 11.3 Å². The number of thiophene rings is 1. The SMILES string of the molecule is O=C(O)C1CC2(CCNCC2)CN1C(=O)c1scc2c1CCCC2. The summed E-state index contributed by atoms with van der Waals surface area (Å²) in [4.78, 5) is 27.4.